The topological polar surface area (TPSA) is 84.5 Å². The largest absolute Gasteiger partial charge is 0.495 e. The lowest BCUT2D eigenvalue weighted by molar-refractivity contribution is 0.102. The fourth-order valence-corrected chi connectivity index (χ4v) is 2.94. The van der Waals surface area contributed by atoms with Gasteiger partial charge in [0.2, 0.25) is 10.0 Å². The Balaban J connectivity index is 2.26. The van der Waals surface area contributed by atoms with Gasteiger partial charge in [-0.3, -0.25) is 9.52 Å². The third kappa shape index (κ3) is 4.77. The van der Waals surface area contributed by atoms with Crippen molar-refractivity contribution in [3.63, 3.8) is 0 Å². The van der Waals surface area contributed by atoms with Gasteiger partial charge in [0.1, 0.15) is 5.75 Å². The van der Waals surface area contributed by atoms with E-state index in [1.807, 2.05) is 0 Å². The molecule has 0 spiro atoms. The molecule has 24 heavy (non-hydrogen) atoms. The summed E-state index contributed by atoms with van der Waals surface area (Å²) >= 11 is 12.0. The van der Waals surface area contributed by atoms with Gasteiger partial charge >= 0.3 is 0 Å². The summed E-state index contributed by atoms with van der Waals surface area (Å²) in [7, 11) is -1.98. The Labute approximate surface area is 149 Å². The molecule has 6 nitrogen and oxygen atoms in total. The molecule has 0 unspecified atom stereocenters. The fraction of sp³-hybridized carbons (Fsp3) is 0.133. The van der Waals surface area contributed by atoms with Crippen LogP contribution in [0.5, 0.6) is 5.75 Å². The molecular formula is C15H14Cl2N2O4S. The van der Waals surface area contributed by atoms with E-state index < -0.39 is 15.9 Å². The molecule has 0 aliphatic carbocycles. The van der Waals surface area contributed by atoms with Crippen LogP contribution < -0.4 is 14.8 Å². The van der Waals surface area contributed by atoms with E-state index in [2.05, 4.69) is 10.0 Å². The fourth-order valence-electron chi connectivity index (χ4n) is 1.92. The molecule has 9 heteroatoms. The summed E-state index contributed by atoms with van der Waals surface area (Å²) in [6.45, 7) is 0. The Morgan fingerprint density at radius 3 is 2.29 bits per heavy atom. The Bertz CT molecular complexity index is 885. The van der Waals surface area contributed by atoms with Crippen LogP contribution in [0.3, 0.4) is 0 Å². The Morgan fingerprint density at radius 2 is 1.71 bits per heavy atom. The first-order chi connectivity index (χ1) is 11.2. The standard InChI is InChI=1S/C15H14Cl2N2O4S/c1-23-14-6-4-9(8-13(14)17)18-15(20)11-7-10(3-5-12(11)16)19-24(2,21)22/h3-8,19H,1-2H3,(H,18,20). The van der Waals surface area contributed by atoms with E-state index in [-0.39, 0.29) is 16.3 Å². The van der Waals surface area contributed by atoms with Crippen molar-refractivity contribution < 1.29 is 17.9 Å². The minimum absolute atomic E-state index is 0.122. The second-order valence-electron chi connectivity index (χ2n) is 4.87. The molecule has 0 aromatic heterocycles. The molecule has 2 aromatic rings. The zero-order valence-electron chi connectivity index (χ0n) is 12.8. The van der Waals surface area contributed by atoms with E-state index in [0.29, 0.717) is 16.5 Å². The number of anilines is 2. The van der Waals surface area contributed by atoms with Crippen molar-refractivity contribution in [3.05, 3.63) is 52.0 Å². The van der Waals surface area contributed by atoms with Crippen LogP contribution in [0.1, 0.15) is 10.4 Å². The summed E-state index contributed by atoms with van der Waals surface area (Å²) in [5, 5.41) is 3.17. The Kier molecular flexibility index (Phi) is 5.58. The number of hydrogen-bond donors (Lipinski definition) is 2. The van der Waals surface area contributed by atoms with Crippen LogP contribution in [0.15, 0.2) is 36.4 Å². The van der Waals surface area contributed by atoms with Gasteiger partial charge in [-0.05, 0) is 36.4 Å². The van der Waals surface area contributed by atoms with Crippen molar-refractivity contribution in [2.75, 3.05) is 23.4 Å². The van der Waals surface area contributed by atoms with Gasteiger partial charge < -0.3 is 10.1 Å². The smallest absolute Gasteiger partial charge is 0.257 e. The van der Waals surface area contributed by atoms with Crippen molar-refractivity contribution in [2.24, 2.45) is 0 Å². The highest BCUT2D eigenvalue weighted by atomic mass is 35.5. The average molecular weight is 389 g/mol. The Hall–Kier alpha value is -1.96. The molecule has 2 aromatic carbocycles. The summed E-state index contributed by atoms with van der Waals surface area (Å²) in [5.74, 6) is -0.0227. The van der Waals surface area contributed by atoms with Crippen LogP contribution in [0.4, 0.5) is 11.4 Å². The zero-order valence-corrected chi connectivity index (χ0v) is 15.1. The first kappa shape index (κ1) is 18.4. The first-order valence-corrected chi connectivity index (χ1v) is 9.26. The molecule has 0 aliphatic rings. The van der Waals surface area contributed by atoms with Gasteiger partial charge in [0.05, 0.1) is 29.0 Å². The monoisotopic (exact) mass is 388 g/mol. The maximum Gasteiger partial charge on any atom is 0.257 e. The van der Waals surface area contributed by atoms with Crippen molar-refractivity contribution >= 4 is 50.5 Å². The Morgan fingerprint density at radius 1 is 1.04 bits per heavy atom. The molecule has 2 rings (SSSR count). The first-order valence-electron chi connectivity index (χ1n) is 6.62. The van der Waals surface area contributed by atoms with Crippen molar-refractivity contribution in [1.29, 1.82) is 0 Å². The number of methoxy groups -OCH3 is 1. The number of rotatable bonds is 5. The van der Waals surface area contributed by atoms with Crippen molar-refractivity contribution in [1.82, 2.24) is 0 Å². The molecule has 0 saturated heterocycles. The van der Waals surface area contributed by atoms with E-state index in [0.717, 1.165) is 6.26 Å². The van der Waals surface area contributed by atoms with Crippen LogP contribution >= 0.6 is 23.2 Å². The maximum absolute atomic E-state index is 12.4. The number of sulfonamides is 1. The van der Waals surface area contributed by atoms with Gasteiger partial charge in [-0.25, -0.2) is 8.42 Å². The third-order valence-electron chi connectivity index (χ3n) is 2.92. The van der Waals surface area contributed by atoms with Crippen molar-refractivity contribution in [3.8, 4) is 5.75 Å². The average Bonchev–Trinajstić information content (AvgIpc) is 2.48. The van der Waals surface area contributed by atoms with Gasteiger partial charge in [0.25, 0.3) is 5.91 Å². The van der Waals surface area contributed by atoms with Gasteiger partial charge in [0, 0.05) is 11.4 Å². The quantitative estimate of drug-likeness (QED) is 0.818. The molecule has 2 N–H and O–H groups in total. The minimum atomic E-state index is -3.46. The third-order valence-corrected chi connectivity index (χ3v) is 4.16. The van der Waals surface area contributed by atoms with Crippen LogP contribution in [0.2, 0.25) is 10.0 Å². The maximum atomic E-state index is 12.4. The highest BCUT2D eigenvalue weighted by molar-refractivity contribution is 7.92. The molecule has 1 amide bonds. The number of benzene rings is 2. The second-order valence-corrected chi connectivity index (χ2v) is 7.44. The van der Waals surface area contributed by atoms with Crippen molar-refractivity contribution in [2.45, 2.75) is 0 Å². The zero-order chi connectivity index (χ0) is 17.9. The van der Waals surface area contributed by atoms with E-state index in [1.54, 1.807) is 12.1 Å². The lowest BCUT2D eigenvalue weighted by atomic mass is 10.2. The summed E-state index contributed by atoms with van der Waals surface area (Å²) < 4.78 is 29.9. The SMILES string of the molecule is COc1ccc(NC(=O)c2cc(NS(C)(=O)=O)ccc2Cl)cc1Cl. The van der Waals surface area contributed by atoms with E-state index >= 15 is 0 Å². The summed E-state index contributed by atoms with van der Waals surface area (Å²) in [4.78, 5) is 12.4. The predicted octanol–water partition coefficient (Wildman–Crippen LogP) is 3.63. The summed E-state index contributed by atoms with van der Waals surface area (Å²) in [5.41, 5.74) is 0.806. The number of nitrogens with one attached hydrogen (secondary N) is 2. The van der Waals surface area contributed by atoms with E-state index in [9.17, 15) is 13.2 Å². The molecule has 0 heterocycles. The molecular weight excluding hydrogens is 375 g/mol. The number of amides is 1. The minimum Gasteiger partial charge on any atom is -0.495 e. The molecule has 0 atom stereocenters. The highest BCUT2D eigenvalue weighted by Gasteiger charge is 2.14. The van der Waals surface area contributed by atoms with Crippen LogP contribution in [-0.2, 0) is 10.0 Å². The van der Waals surface area contributed by atoms with Gasteiger partial charge in [-0.1, -0.05) is 23.2 Å². The lowest BCUT2D eigenvalue weighted by Crippen LogP contribution is -2.14. The number of carbonyl (C=O) groups is 1. The van der Waals surface area contributed by atoms with Crippen LogP contribution in [0.25, 0.3) is 0 Å². The predicted molar refractivity (Wildman–Crippen MR) is 95.9 cm³/mol. The normalized spacial score (nSPS) is 11.0. The van der Waals surface area contributed by atoms with Gasteiger partial charge in [0.15, 0.2) is 0 Å². The van der Waals surface area contributed by atoms with Gasteiger partial charge in [-0.2, -0.15) is 0 Å². The lowest BCUT2D eigenvalue weighted by Gasteiger charge is -2.11. The number of halogens is 2. The molecule has 0 fully saturated rings. The summed E-state index contributed by atoms with van der Waals surface area (Å²) in [6, 6.07) is 9.01. The molecule has 0 radical (unpaired) electrons. The van der Waals surface area contributed by atoms with Crippen LogP contribution in [0, 0.1) is 0 Å². The van der Waals surface area contributed by atoms with Gasteiger partial charge in [-0.15, -0.1) is 0 Å². The number of carbonyl (C=O) groups excluding carboxylic acids is 1. The second kappa shape index (κ2) is 7.29. The molecule has 0 bridgehead atoms. The highest BCUT2D eigenvalue weighted by Crippen LogP contribution is 2.28. The summed E-state index contributed by atoms with van der Waals surface area (Å²) in [6.07, 6.45) is 1.01. The van der Waals surface area contributed by atoms with E-state index in [1.165, 1.54) is 31.4 Å². The van der Waals surface area contributed by atoms with Crippen LogP contribution in [-0.4, -0.2) is 27.7 Å². The number of hydrogen-bond acceptors (Lipinski definition) is 4. The molecule has 0 aliphatic heterocycles. The van der Waals surface area contributed by atoms with E-state index in [4.69, 9.17) is 27.9 Å². The number of ether oxygens (including phenoxy) is 1. The molecule has 0 saturated carbocycles. The molecule has 128 valence electrons.